The van der Waals surface area contributed by atoms with Crippen molar-refractivity contribution in [1.82, 2.24) is 0 Å². The molecule has 2 atom stereocenters. The van der Waals surface area contributed by atoms with Crippen LogP contribution in [0.5, 0.6) is 0 Å². The second kappa shape index (κ2) is 3.32. The first kappa shape index (κ1) is 10.6. The number of hydrogen-bond donors (Lipinski definition) is 2. The van der Waals surface area contributed by atoms with Gasteiger partial charge in [0, 0.05) is 5.41 Å². The van der Waals surface area contributed by atoms with Gasteiger partial charge in [0.1, 0.15) is 0 Å². The molecule has 3 nitrogen and oxygen atoms in total. The monoisotopic (exact) mass is 159 g/mol. The van der Waals surface area contributed by atoms with Crippen molar-refractivity contribution >= 4 is 5.78 Å². The molecular formula is C8H17NO2. The summed E-state index contributed by atoms with van der Waals surface area (Å²) in [4.78, 5) is 11.3. The Morgan fingerprint density at radius 1 is 1.45 bits per heavy atom. The van der Waals surface area contributed by atoms with Crippen molar-refractivity contribution < 1.29 is 9.90 Å². The predicted molar refractivity (Wildman–Crippen MR) is 44.1 cm³/mol. The number of nitrogens with two attached hydrogens (primary N) is 1. The van der Waals surface area contributed by atoms with Crippen LogP contribution in [0.25, 0.3) is 0 Å². The van der Waals surface area contributed by atoms with Crippen LogP contribution in [0.3, 0.4) is 0 Å². The molecule has 0 aliphatic rings. The third kappa shape index (κ3) is 2.99. The summed E-state index contributed by atoms with van der Waals surface area (Å²) in [6.07, 6.45) is -0.762. The normalized spacial score (nSPS) is 17.6. The smallest absolute Gasteiger partial charge is 0.157 e. The Morgan fingerprint density at radius 3 is 1.91 bits per heavy atom. The highest BCUT2D eigenvalue weighted by atomic mass is 16.3. The number of aliphatic hydroxyl groups is 1. The fourth-order valence-corrected chi connectivity index (χ4v) is 0.719. The molecule has 0 spiro atoms. The molecule has 0 heterocycles. The summed E-state index contributed by atoms with van der Waals surface area (Å²) in [5.41, 5.74) is 4.98. The van der Waals surface area contributed by atoms with Gasteiger partial charge in [0.2, 0.25) is 0 Å². The molecule has 0 aromatic heterocycles. The lowest BCUT2D eigenvalue weighted by Gasteiger charge is -2.23. The topological polar surface area (TPSA) is 63.3 Å². The van der Waals surface area contributed by atoms with Crippen molar-refractivity contribution in [3.63, 3.8) is 0 Å². The maximum Gasteiger partial charge on any atom is 0.157 e. The van der Waals surface area contributed by atoms with Crippen molar-refractivity contribution in [2.24, 2.45) is 11.1 Å². The van der Waals surface area contributed by atoms with Crippen LogP contribution < -0.4 is 5.73 Å². The molecule has 0 saturated carbocycles. The first-order valence-corrected chi connectivity index (χ1v) is 3.75. The molecule has 0 bridgehead atoms. The summed E-state index contributed by atoms with van der Waals surface area (Å²) < 4.78 is 0. The van der Waals surface area contributed by atoms with Gasteiger partial charge < -0.3 is 10.8 Å². The standard InChI is InChI=1S/C8H17NO2/c1-5(10)6(9)7(11)8(2,3)4/h5-6,10H,9H2,1-4H3/t5-,6+/m0/s1. The van der Waals surface area contributed by atoms with E-state index in [0.717, 1.165) is 0 Å². The molecule has 11 heavy (non-hydrogen) atoms. The van der Waals surface area contributed by atoms with Crippen LogP contribution in [-0.2, 0) is 4.79 Å². The minimum absolute atomic E-state index is 0.104. The average Bonchev–Trinajstić information content (AvgIpc) is 1.82. The number of aliphatic hydroxyl groups excluding tert-OH is 1. The van der Waals surface area contributed by atoms with Crippen molar-refractivity contribution in [3.8, 4) is 0 Å². The summed E-state index contributed by atoms with van der Waals surface area (Å²) >= 11 is 0. The molecular weight excluding hydrogens is 142 g/mol. The van der Waals surface area contributed by atoms with Gasteiger partial charge in [-0.05, 0) is 6.92 Å². The van der Waals surface area contributed by atoms with Gasteiger partial charge in [-0.25, -0.2) is 0 Å². The molecule has 0 aliphatic carbocycles. The van der Waals surface area contributed by atoms with Gasteiger partial charge in [0.15, 0.2) is 5.78 Å². The van der Waals surface area contributed by atoms with Gasteiger partial charge in [-0.15, -0.1) is 0 Å². The van der Waals surface area contributed by atoms with Gasteiger partial charge in [0.25, 0.3) is 0 Å². The number of hydrogen-bond acceptors (Lipinski definition) is 3. The van der Waals surface area contributed by atoms with Gasteiger partial charge >= 0.3 is 0 Å². The number of ketones is 1. The van der Waals surface area contributed by atoms with E-state index in [9.17, 15) is 4.79 Å². The Hall–Kier alpha value is -0.410. The second-order valence-corrected chi connectivity index (χ2v) is 3.88. The predicted octanol–water partition coefficient (Wildman–Crippen LogP) is 0.310. The Bertz CT molecular complexity index is 147. The molecule has 0 amide bonds. The van der Waals surface area contributed by atoms with E-state index < -0.39 is 17.6 Å². The number of carbonyl (C=O) groups is 1. The SMILES string of the molecule is C[C@H](O)[C@@H](N)C(=O)C(C)(C)C. The molecule has 0 unspecified atom stereocenters. The van der Waals surface area contributed by atoms with Crippen molar-refractivity contribution in [3.05, 3.63) is 0 Å². The molecule has 66 valence electrons. The van der Waals surface area contributed by atoms with E-state index in [4.69, 9.17) is 10.8 Å². The Balaban J connectivity index is 4.26. The van der Waals surface area contributed by atoms with E-state index in [2.05, 4.69) is 0 Å². The first-order valence-electron chi connectivity index (χ1n) is 3.75. The van der Waals surface area contributed by atoms with Crippen LogP contribution >= 0.6 is 0 Å². The zero-order valence-corrected chi connectivity index (χ0v) is 7.59. The van der Waals surface area contributed by atoms with Crippen LogP contribution in [-0.4, -0.2) is 23.0 Å². The Kier molecular flexibility index (Phi) is 3.20. The van der Waals surface area contributed by atoms with Gasteiger partial charge in [-0.1, -0.05) is 20.8 Å². The van der Waals surface area contributed by atoms with Crippen LogP contribution in [0.2, 0.25) is 0 Å². The Labute approximate surface area is 67.6 Å². The molecule has 0 saturated heterocycles. The highest BCUT2D eigenvalue weighted by molar-refractivity contribution is 5.88. The molecule has 0 fully saturated rings. The van der Waals surface area contributed by atoms with E-state index >= 15 is 0 Å². The van der Waals surface area contributed by atoms with E-state index in [1.165, 1.54) is 6.92 Å². The zero-order valence-electron chi connectivity index (χ0n) is 7.59. The molecule has 3 heteroatoms. The maximum absolute atomic E-state index is 11.3. The van der Waals surface area contributed by atoms with Crippen LogP contribution in [0.4, 0.5) is 0 Å². The van der Waals surface area contributed by atoms with E-state index in [-0.39, 0.29) is 5.78 Å². The lowest BCUT2D eigenvalue weighted by atomic mass is 9.85. The summed E-state index contributed by atoms with van der Waals surface area (Å²) in [5.74, 6) is -0.104. The summed E-state index contributed by atoms with van der Waals surface area (Å²) in [7, 11) is 0. The molecule has 0 rings (SSSR count). The van der Waals surface area contributed by atoms with Crippen molar-refractivity contribution in [2.75, 3.05) is 0 Å². The molecule has 0 radical (unpaired) electrons. The van der Waals surface area contributed by atoms with E-state index in [1.54, 1.807) is 20.8 Å². The van der Waals surface area contributed by atoms with Crippen molar-refractivity contribution in [1.29, 1.82) is 0 Å². The minimum atomic E-state index is -0.762. The average molecular weight is 159 g/mol. The first-order chi connectivity index (χ1) is 4.76. The van der Waals surface area contributed by atoms with Crippen molar-refractivity contribution in [2.45, 2.75) is 39.8 Å². The maximum atomic E-state index is 11.3. The zero-order chi connectivity index (χ0) is 9.23. The van der Waals surface area contributed by atoms with Gasteiger partial charge in [-0.2, -0.15) is 0 Å². The molecule has 3 N–H and O–H groups in total. The lowest BCUT2D eigenvalue weighted by molar-refractivity contribution is -0.129. The summed E-state index contributed by atoms with van der Waals surface area (Å²) in [6, 6.07) is -0.755. The third-order valence-corrected chi connectivity index (χ3v) is 1.56. The number of carbonyl (C=O) groups excluding carboxylic acids is 1. The molecule has 0 aromatic rings. The van der Waals surface area contributed by atoms with Gasteiger partial charge in [0.05, 0.1) is 12.1 Å². The van der Waals surface area contributed by atoms with Gasteiger partial charge in [-0.3, -0.25) is 4.79 Å². The third-order valence-electron chi connectivity index (χ3n) is 1.56. The number of rotatable bonds is 2. The highest BCUT2D eigenvalue weighted by Gasteiger charge is 2.29. The molecule has 0 aromatic carbocycles. The molecule has 0 aliphatic heterocycles. The highest BCUT2D eigenvalue weighted by Crippen LogP contribution is 2.16. The quantitative estimate of drug-likeness (QED) is 0.609. The second-order valence-electron chi connectivity index (χ2n) is 3.88. The lowest BCUT2D eigenvalue weighted by Crippen LogP contribution is -2.45. The van der Waals surface area contributed by atoms with E-state index in [1.807, 2.05) is 0 Å². The summed E-state index contributed by atoms with van der Waals surface area (Å²) in [5, 5.41) is 9.01. The minimum Gasteiger partial charge on any atom is -0.391 e. The number of Topliss-reactive ketones (excluding diaryl/α,β-unsaturated/α-hetero) is 1. The fraction of sp³-hybridized carbons (Fsp3) is 0.875. The fourth-order valence-electron chi connectivity index (χ4n) is 0.719. The van der Waals surface area contributed by atoms with Crippen LogP contribution in [0.1, 0.15) is 27.7 Å². The van der Waals surface area contributed by atoms with E-state index in [0.29, 0.717) is 0 Å². The van der Waals surface area contributed by atoms with Crippen LogP contribution in [0, 0.1) is 5.41 Å². The summed E-state index contributed by atoms with van der Waals surface area (Å²) in [6.45, 7) is 6.89. The largest absolute Gasteiger partial charge is 0.391 e. The Morgan fingerprint density at radius 2 is 1.82 bits per heavy atom. The van der Waals surface area contributed by atoms with Crippen LogP contribution in [0.15, 0.2) is 0 Å².